The van der Waals surface area contributed by atoms with E-state index < -0.39 is 0 Å². The van der Waals surface area contributed by atoms with E-state index in [0.717, 1.165) is 5.56 Å². The highest BCUT2D eigenvalue weighted by molar-refractivity contribution is 6.42. The van der Waals surface area contributed by atoms with Crippen LogP contribution < -0.4 is 11.3 Å². The van der Waals surface area contributed by atoms with Gasteiger partial charge in [-0.25, -0.2) is 0 Å². The van der Waals surface area contributed by atoms with E-state index in [-0.39, 0.29) is 11.2 Å². The summed E-state index contributed by atoms with van der Waals surface area (Å²) in [5.74, 6) is 0. The van der Waals surface area contributed by atoms with Gasteiger partial charge in [-0.15, -0.1) is 0 Å². The molecule has 0 saturated heterocycles. The average Bonchev–Trinajstić information content (AvgIpc) is 2.54. The van der Waals surface area contributed by atoms with Crippen molar-refractivity contribution in [2.24, 2.45) is 0 Å². The van der Waals surface area contributed by atoms with Crippen LogP contribution in [0.2, 0.25) is 10.0 Å². The standard InChI is InChI=1S/C17H12Cl2N2O/c18-14-7-6-12(10-15(14)19)21-9-8-13(16(20)17(21)22)11-4-2-1-3-5-11/h1-10H,20H2. The van der Waals surface area contributed by atoms with Gasteiger partial charge in [0.15, 0.2) is 0 Å². The van der Waals surface area contributed by atoms with Gasteiger partial charge in [-0.3, -0.25) is 9.36 Å². The van der Waals surface area contributed by atoms with Crippen molar-refractivity contribution < 1.29 is 0 Å². The lowest BCUT2D eigenvalue weighted by Crippen LogP contribution is -2.21. The van der Waals surface area contributed by atoms with E-state index in [1.165, 1.54) is 4.57 Å². The topological polar surface area (TPSA) is 48.0 Å². The fourth-order valence-corrected chi connectivity index (χ4v) is 2.55. The number of nitrogens with two attached hydrogens (primary N) is 1. The number of aromatic nitrogens is 1. The molecule has 1 aromatic heterocycles. The molecule has 2 N–H and O–H groups in total. The molecule has 0 aliphatic carbocycles. The number of benzene rings is 2. The second-order valence-corrected chi connectivity index (χ2v) is 5.60. The van der Waals surface area contributed by atoms with Crippen LogP contribution in [-0.4, -0.2) is 4.57 Å². The van der Waals surface area contributed by atoms with Crippen molar-refractivity contribution in [3.63, 3.8) is 0 Å². The van der Waals surface area contributed by atoms with Crippen molar-refractivity contribution in [1.82, 2.24) is 4.57 Å². The average molecular weight is 331 g/mol. The maximum Gasteiger partial charge on any atom is 0.278 e. The third-order valence-electron chi connectivity index (χ3n) is 3.40. The maximum absolute atomic E-state index is 12.5. The first-order valence-electron chi connectivity index (χ1n) is 6.60. The summed E-state index contributed by atoms with van der Waals surface area (Å²) in [7, 11) is 0. The summed E-state index contributed by atoms with van der Waals surface area (Å²) in [4.78, 5) is 12.5. The molecule has 0 radical (unpaired) electrons. The number of nitrogens with zero attached hydrogens (tertiary/aromatic N) is 1. The van der Waals surface area contributed by atoms with E-state index in [0.29, 0.717) is 21.3 Å². The summed E-state index contributed by atoms with van der Waals surface area (Å²) >= 11 is 11.9. The quantitative estimate of drug-likeness (QED) is 0.757. The predicted octanol–water partition coefficient (Wildman–Crippen LogP) is 4.39. The summed E-state index contributed by atoms with van der Waals surface area (Å²) in [6.07, 6.45) is 1.68. The van der Waals surface area contributed by atoms with Gasteiger partial charge >= 0.3 is 0 Å². The van der Waals surface area contributed by atoms with Crippen LogP contribution in [0, 0.1) is 0 Å². The SMILES string of the molecule is Nc1c(-c2ccccc2)ccn(-c2ccc(Cl)c(Cl)c2)c1=O. The lowest BCUT2D eigenvalue weighted by atomic mass is 10.1. The molecule has 0 aliphatic rings. The zero-order valence-corrected chi connectivity index (χ0v) is 13.0. The van der Waals surface area contributed by atoms with Gasteiger partial charge in [0.2, 0.25) is 0 Å². The molecule has 3 rings (SSSR count). The Morgan fingerprint density at radius 1 is 0.909 bits per heavy atom. The van der Waals surface area contributed by atoms with E-state index in [1.54, 1.807) is 24.4 Å². The first kappa shape index (κ1) is 14.7. The molecule has 0 saturated carbocycles. The highest BCUT2D eigenvalue weighted by Crippen LogP contribution is 2.26. The molecule has 0 atom stereocenters. The molecule has 22 heavy (non-hydrogen) atoms. The van der Waals surface area contributed by atoms with E-state index >= 15 is 0 Å². The predicted molar refractivity (Wildman–Crippen MR) is 91.9 cm³/mol. The lowest BCUT2D eigenvalue weighted by Gasteiger charge is -2.11. The smallest absolute Gasteiger partial charge is 0.278 e. The van der Waals surface area contributed by atoms with Gasteiger partial charge in [0.05, 0.1) is 15.7 Å². The van der Waals surface area contributed by atoms with Gasteiger partial charge in [0.1, 0.15) is 5.69 Å². The zero-order chi connectivity index (χ0) is 15.7. The molecule has 0 amide bonds. The monoisotopic (exact) mass is 330 g/mol. The van der Waals surface area contributed by atoms with Crippen LogP contribution in [0.15, 0.2) is 65.6 Å². The third-order valence-corrected chi connectivity index (χ3v) is 4.13. The molecule has 3 aromatic rings. The molecule has 0 bridgehead atoms. The van der Waals surface area contributed by atoms with Crippen LogP contribution in [0.3, 0.4) is 0 Å². The van der Waals surface area contributed by atoms with Crippen LogP contribution in [0.5, 0.6) is 0 Å². The molecule has 0 spiro atoms. The molecular weight excluding hydrogens is 319 g/mol. The van der Waals surface area contributed by atoms with Gasteiger partial charge in [-0.05, 0) is 29.8 Å². The Kier molecular flexibility index (Phi) is 3.92. The second-order valence-electron chi connectivity index (χ2n) is 4.78. The van der Waals surface area contributed by atoms with Crippen LogP contribution in [0.1, 0.15) is 0 Å². The van der Waals surface area contributed by atoms with Crippen LogP contribution in [-0.2, 0) is 0 Å². The van der Waals surface area contributed by atoms with Crippen molar-refractivity contribution in [1.29, 1.82) is 0 Å². The third kappa shape index (κ3) is 2.61. The molecule has 0 fully saturated rings. The Bertz CT molecular complexity index is 889. The van der Waals surface area contributed by atoms with Crippen molar-refractivity contribution >= 4 is 28.9 Å². The number of pyridine rings is 1. The highest BCUT2D eigenvalue weighted by atomic mass is 35.5. The zero-order valence-electron chi connectivity index (χ0n) is 11.5. The Balaban J connectivity index is 2.15. The maximum atomic E-state index is 12.5. The Hall–Kier alpha value is -2.23. The van der Waals surface area contributed by atoms with Crippen LogP contribution >= 0.6 is 23.2 Å². The summed E-state index contributed by atoms with van der Waals surface area (Å²) in [5.41, 5.74) is 8.16. The summed E-state index contributed by atoms with van der Waals surface area (Å²) < 4.78 is 1.45. The van der Waals surface area contributed by atoms with E-state index in [9.17, 15) is 4.79 Å². The summed E-state index contributed by atoms with van der Waals surface area (Å²) in [5, 5.41) is 0.823. The molecule has 5 heteroatoms. The summed E-state index contributed by atoms with van der Waals surface area (Å²) in [6.45, 7) is 0. The Morgan fingerprint density at radius 2 is 1.64 bits per heavy atom. The Labute approximate surface area is 137 Å². The summed E-state index contributed by atoms with van der Waals surface area (Å²) in [6, 6.07) is 16.4. The van der Waals surface area contributed by atoms with Gasteiger partial charge in [-0.2, -0.15) is 0 Å². The first-order chi connectivity index (χ1) is 10.6. The van der Waals surface area contributed by atoms with Crippen molar-refractivity contribution in [3.8, 4) is 16.8 Å². The minimum Gasteiger partial charge on any atom is -0.394 e. The van der Waals surface area contributed by atoms with Crippen LogP contribution in [0.25, 0.3) is 16.8 Å². The minimum absolute atomic E-state index is 0.194. The van der Waals surface area contributed by atoms with Crippen molar-refractivity contribution in [2.75, 3.05) is 5.73 Å². The van der Waals surface area contributed by atoms with Crippen molar-refractivity contribution in [2.45, 2.75) is 0 Å². The molecule has 110 valence electrons. The van der Waals surface area contributed by atoms with Gasteiger partial charge in [-0.1, -0.05) is 53.5 Å². The lowest BCUT2D eigenvalue weighted by molar-refractivity contribution is 0.996. The fraction of sp³-hybridized carbons (Fsp3) is 0. The van der Waals surface area contributed by atoms with Gasteiger partial charge < -0.3 is 5.73 Å². The Morgan fingerprint density at radius 3 is 2.32 bits per heavy atom. The number of anilines is 1. The molecule has 0 unspecified atom stereocenters. The van der Waals surface area contributed by atoms with Crippen molar-refractivity contribution in [3.05, 3.63) is 81.2 Å². The molecule has 0 aliphatic heterocycles. The number of nitrogen functional groups attached to an aromatic ring is 1. The van der Waals surface area contributed by atoms with E-state index in [1.807, 2.05) is 36.4 Å². The van der Waals surface area contributed by atoms with Gasteiger partial charge in [0.25, 0.3) is 5.56 Å². The van der Waals surface area contributed by atoms with E-state index in [2.05, 4.69) is 0 Å². The second kappa shape index (κ2) is 5.87. The number of hydrogen-bond donors (Lipinski definition) is 1. The number of halogens is 2. The molecule has 1 heterocycles. The van der Waals surface area contributed by atoms with Gasteiger partial charge in [0, 0.05) is 11.8 Å². The normalized spacial score (nSPS) is 10.6. The molecule has 2 aromatic carbocycles. The number of rotatable bonds is 2. The fourth-order valence-electron chi connectivity index (χ4n) is 2.26. The van der Waals surface area contributed by atoms with E-state index in [4.69, 9.17) is 28.9 Å². The number of hydrogen-bond acceptors (Lipinski definition) is 2. The molecule has 3 nitrogen and oxygen atoms in total. The highest BCUT2D eigenvalue weighted by Gasteiger charge is 2.10. The minimum atomic E-state index is -0.292. The van der Waals surface area contributed by atoms with Crippen LogP contribution in [0.4, 0.5) is 5.69 Å². The first-order valence-corrected chi connectivity index (χ1v) is 7.35. The largest absolute Gasteiger partial charge is 0.394 e. The molecular formula is C17H12Cl2N2O.